The molecule has 0 aromatic heterocycles. The van der Waals surface area contributed by atoms with E-state index in [9.17, 15) is 29.7 Å². The van der Waals surface area contributed by atoms with Gasteiger partial charge in [0.05, 0.1) is 51.7 Å². The summed E-state index contributed by atoms with van der Waals surface area (Å²) in [7, 11) is 5.16. The lowest BCUT2D eigenvalue weighted by Gasteiger charge is -2.13. The minimum atomic E-state index is -0.960. The highest BCUT2D eigenvalue weighted by Crippen LogP contribution is 2.43. The molecule has 0 bridgehead atoms. The van der Waals surface area contributed by atoms with Crippen LogP contribution in [-0.4, -0.2) is 68.3 Å². The van der Waals surface area contributed by atoms with Crippen molar-refractivity contribution in [2.45, 2.75) is 13.3 Å². The van der Waals surface area contributed by atoms with Gasteiger partial charge in [0, 0.05) is 11.1 Å². The van der Waals surface area contributed by atoms with Gasteiger partial charge in [0.15, 0.2) is 11.5 Å². The van der Waals surface area contributed by atoms with Crippen molar-refractivity contribution in [1.82, 2.24) is 0 Å². The molecule has 0 unspecified atom stereocenters. The second-order valence-electron chi connectivity index (χ2n) is 8.62. The monoisotopic (exact) mass is 588 g/mol. The Morgan fingerprint density at radius 3 is 1.47 bits per heavy atom. The van der Waals surface area contributed by atoms with Crippen molar-refractivity contribution in [1.29, 1.82) is 0 Å². The summed E-state index contributed by atoms with van der Waals surface area (Å²) < 4.78 is 25.2. The molecule has 3 rings (SSSR count). The maximum Gasteiger partial charge on any atom is 0.341 e. The molecule has 0 aliphatic rings. The van der Waals surface area contributed by atoms with Crippen LogP contribution in [0.5, 0.6) is 28.7 Å². The quantitative estimate of drug-likeness (QED) is 0.160. The molecule has 0 spiro atoms. The van der Waals surface area contributed by atoms with Crippen molar-refractivity contribution >= 4 is 17.9 Å². The molecule has 3 aromatic rings. The molecule has 43 heavy (non-hydrogen) atoms. The van der Waals surface area contributed by atoms with Crippen molar-refractivity contribution in [3.63, 3.8) is 0 Å². The van der Waals surface area contributed by atoms with E-state index in [1.54, 1.807) is 6.92 Å². The number of methoxy groups -OCH3 is 4. The first kappa shape index (κ1) is 31.7. The van der Waals surface area contributed by atoms with E-state index >= 15 is 0 Å². The number of carbonyl (C=O) groups excluding carboxylic acids is 3. The molecule has 222 valence electrons. The topological polar surface area (TPSA) is 158 Å². The maximum atomic E-state index is 13.2. The third-order valence-corrected chi connectivity index (χ3v) is 5.94. The Hall–Kier alpha value is -5.81. The number of esters is 3. The fraction of sp³-hybridized carbons (Fsp3) is 0.219. The normalized spacial score (nSPS) is 9.88. The lowest BCUT2D eigenvalue weighted by molar-refractivity contribution is 0.0501. The smallest absolute Gasteiger partial charge is 0.341 e. The molecule has 11 nitrogen and oxygen atoms in total. The molecule has 0 amide bonds. The summed E-state index contributed by atoms with van der Waals surface area (Å²) in [4.78, 5) is 37.2. The van der Waals surface area contributed by atoms with Crippen LogP contribution in [0.15, 0.2) is 36.4 Å². The zero-order valence-electron chi connectivity index (χ0n) is 24.0. The zero-order valence-corrected chi connectivity index (χ0v) is 24.0. The largest absolute Gasteiger partial charge is 0.503 e. The summed E-state index contributed by atoms with van der Waals surface area (Å²) >= 11 is 0. The Morgan fingerprint density at radius 2 is 1.09 bits per heavy atom. The van der Waals surface area contributed by atoms with Crippen LogP contribution in [0.4, 0.5) is 0 Å². The number of carbonyl (C=O) groups is 3. The predicted molar refractivity (Wildman–Crippen MR) is 153 cm³/mol. The molecule has 0 atom stereocenters. The average Bonchev–Trinajstić information content (AvgIpc) is 3.03. The highest BCUT2D eigenvalue weighted by Gasteiger charge is 2.27. The number of ether oxygens (including phenoxy) is 5. The maximum absolute atomic E-state index is 13.2. The predicted octanol–water partition coefficient (Wildman–Crippen LogP) is 3.76. The van der Waals surface area contributed by atoms with E-state index < -0.39 is 40.7 Å². The number of hydrogen-bond acceptors (Lipinski definition) is 11. The lowest BCUT2D eigenvalue weighted by atomic mass is 9.97. The van der Waals surface area contributed by atoms with Crippen molar-refractivity contribution in [2.24, 2.45) is 0 Å². The molecule has 0 saturated heterocycles. The average molecular weight is 589 g/mol. The van der Waals surface area contributed by atoms with Crippen LogP contribution in [0.3, 0.4) is 0 Å². The number of benzene rings is 3. The van der Waals surface area contributed by atoms with E-state index in [1.165, 1.54) is 64.8 Å². The van der Waals surface area contributed by atoms with Crippen LogP contribution in [0, 0.1) is 23.7 Å². The van der Waals surface area contributed by atoms with Gasteiger partial charge in [0.25, 0.3) is 0 Å². The minimum Gasteiger partial charge on any atom is -0.503 e. The number of aromatic hydroxyl groups is 3. The lowest BCUT2D eigenvalue weighted by Crippen LogP contribution is -2.11. The van der Waals surface area contributed by atoms with Gasteiger partial charge in [-0.2, -0.15) is 0 Å². The van der Waals surface area contributed by atoms with E-state index in [0.717, 1.165) is 0 Å². The van der Waals surface area contributed by atoms with Gasteiger partial charge in [-0.3, -0.25) is 0 Å². The first-order chi connectivity index (χ1) is 20.6. The van der Waals surface area contributed by atoms with Crippen molar-refractivity contribution < 1.29 is 53.4 Å². The molecule has 0 saturated carbocycles. The van der Waals surface area contributed by atoms with Gasteiger partial charge in [0.2, 0.25) is 5.75 Å². The summed E-state index contributed by atoms with van der Waals surface area (Å²) in [5.41, 5.74) is -0.190. The van der Waals surface area contributed by atoms with Gasteiger partial charge in [-0.15, -0.1) is 0 Å². The Kier molecular flexibility index (Phi) is 10.5. The van der Waals surface area contributed by atoms with E-state index in [2.05, 4.69) is 23.7 Å². The molecule has 3 N–H and O–H groups in total. The van der Waals surface area contributed by atoms with E-state index in [1.807, 2.05) is 0 Å². The first-order valence-electron chi connectivity index (χ1n) is 12.7. The van der Waals surface area contributed by atoms with Crippen molar-refractivity contribution in [3.8, 4) is 52.4 Å². The highest BCUT2D eigenvalue weighted by atomic mass is 16.5. The van der Waals surface area contributed by atoms with Gasteiger partial charge >= 0.3 is 17.9 Å². The number of hydrogen-bond donors (Lipinski definition) is 3. The summed E-state index contributed by atoms with van der Waals surface area (Å²) in [5, 5.41) is 32.0. The summed E-state index contributed by atoms with van der Waals surface area (Å²) in [6.45, 7) is 1.79. The molecule has 0 aliphatic heterocycles. The molecular weight excluding hydrogens is 560 g/mol. The molecule has 0 heterocycles. The molecular formula is C32H28O11. The van der Waals surface area contributed by atoms with Gasteiger partial charge in [-0.1, -0.05) is 30.6 Å². The van der Waals surface area contributed by atoms with Crippen LogP contribution in [0.2, 0.25) is 0 Å². The Labute approximate surface area is 247 Å². The first-order valence-corrected chi connectivity index (χ1v) is 12.7. The fourth-order valence-electron chi connectivity index (χ4n) is 3.79. The third-order valence-electron chi connectivity index (χ3n) is 5.94. The van der Waals surface area contributed by atoms with Gasteiger partial charge in [-0.05, 0) is 42.8 Å². The number of rotatable bonds is 7. The molecule has 3 aromatic carbocycles. The Morgan fingerprint density at radius 1 is 0.651 bits per heavy atom. The van der Waals surface area contributed by atoms with Crippen LogP contribution >= 0.6 is 0 Å². The molecule has 0 radical (unpaired) electrons. The van der Waals surface area contributed by atoms with E-state index in [-0.39, 0.29) is 40.4 Å². The van der Waals surface area contributed by atoms with Gasteiger partial charge in [0.1, 0.15) is 22.6 Å². The summed E-state index contributed by atoms with van der Waals surface area (Å²) in [6.07, 6.45) is 0.475. The second kappa shape index (κ2) is 14.2. The SMILES string of the molecule is CCCOC(=O)c1c(C#Cc2ccc(C(=O)OC)c(OC)c2)c(O)c(O)c(O)c1C#Cc1ccc(C(=O)OC)c(OC)c1. The van der Waals surface area contributed by atoms with Crippen LogP contribution < -0.4 is 9.47 Å². The van der Waals surface area contributed by atoms with Gasteiger partial charge in [-0.25, -0.2) is 14.4 Å². The van der Waals surface area contributed by atoms with Crippen molar-refractivity contribution in [2.75, 3.05) is 35.0 Å². The minimum absolute atomic E-state index is 0.0132. The van der Waals surface area contributed by atoms with Crippen LogP contribution in [0.1, 0.15) is 66.7 Å². The Balaban J connectivity index is 2.23. The van der Waals surface area contributed by atoms with E-state index in [4.69, 9.17) is 23.7 Å². The van der Waals surface area contributed by atoms with E-state index in [0.29, 0.717) is 17.5 Å². The third kappa shape index (κ3) is 6.92. The second-order valence-corrected chi connectivity index (χ2v) is 8.62. The number of phenols is 3. The zero-order chi connectivity index (χ0) is 31.7. The van der Waals surface area contributed by atoms with Crippen LogP contribution in [-0.2, 0) is 14.2 Å². The fourth-order valence-corrected chi connectivity index (χ4v) is 3.79. The standard InChI is InChI=1S/C32H28O11/c1-6-15-43-32(38)26-22(13-9-18-7-11-20(30(36)41-4)24(16-18)39-2)27(33)29(35)28(34)23(26)14-10-19-8-12-21(31(37)42-5)25(17-19)40-3/h7-8,11-12,16-17,33-35H,6,15H2,1-5H3. The van der Waals surface area contributed by atoms with Gasteiger partial charge < -0.3 is 39.0 Å². The molecule has 11 heteroatoms. The Bertz CT molecular complexity index is 1590. The van der Waals surface area contributed by atoms with Crippen molar-refractivity contribution in [3.05, 3.63) is 75.3 Å². The molecule has 0 aliphatic carbocycles. The summed E-state index contributed by atoms with van der Waals surface area (Å²) in [6, 6.07) is 8.71. The summed E-state index contributed by atoms with van der Waals surface area (Å²) in [5.74, 6) is 6.18. The highest BCUT2D eigenvalue weighted by molar-refractivity contribution is 5.99. The number of phenolic OH excluding ortho intramolecular Hbond substituents is 3. The molecule has 0 fully saturated rings. The van der Waals surface area contributed by atoms with Crippen LogP contribution in [0.25, 0.3) is 0 Å².